The Bertz CT molecular complexity index is 543. The largest absolute Gasteiger partial charge is 0.340 e. The van der Waals surface area contributed by atoms with Crippen molar-refractivity contribution in [3.8, 4) is 0 Å². The van der Waals surface area contributed by atoms with Gasteiger partial charge >= 0.3 is 6.03 Å². The zero-order valence-corrected chi connectivity index (χ0v) is 13.6. The maximum absolute atomic E-state index is 12.8. The molecule has 1 aliphatic rings. The van der Waals surface area contributed by atoms with Crippen molar-refractivity contribution in [3.05, 3.63) is 30.1 Å². The third-order valence-electron chi connectivity index (χ3n) is 4.27. The Morgan fingerprint density at radius 3 is 2.52 bits per heavy atom. The van der Waals surface area contributed by atoms with Gasteiger partial charge in [-0.15, -0.1) is 0 Å². The number of carbonyl (C=O) groups excluding carboxylic acids is 2. The molecule has 3 amide bonds. The SMILES string of the molecule is CCC(CC)C(=O)N1CC[C@@H](NC(=O)Nc2ccc(F)cc2)C1. The quantitative estimate of drug-likeness (QED) is 0.876. The summed E-state index contributed by atoms with van der Waals surface area (Å²) >= 11 is 0. The van der Waals surface area contributed by atoms with Crippen LogP contribution in [0, 0.1) is 11.7 Å². The Morgan fingerprint density at radius 2 is 1.91 bits per heavy atom. The topological polar surface area (TPSA) is 61.4 Å². The van der Waals surface area contributed by atoms with Crippen molar-refractivity contribution >= 4 is 17.6 Å². The van der Waals surface area contributed by atoms with Crippen molar-refractivity contribution in [2.24, 2.45) is 5.92 Å². The van der Waals surface area contributed by atoms with Crippen LogP contribution in [0.4, 0.5) is 14.9 Å². The molecule has 1 heterocycles. The Hall–Kier alpha value is -2.11. The molecule has 23 heavy (non-hydrogen) atoms. The molecule has 0 spiro atoms. The first-order valence-corrected chi connectivity index (χ1v) is 8.15. The molecule has 126 valence electrons. The predicted octanol–water partition coefficient (Wildman–Crippen LogP) is 2.98. The number of rotatable bonds is 5. The molecule has 1 atom stereocenters. The van der Waals surface area contributed by atoms with Crippen molar-refractivity contribution in [1.29, 1.82) is 0 Å². The van der Waals surface area contributed by atoms with Crippen LogP contribution in [0.2, 0.25) is 0 Å². The Morgan fingerprint density at radius 1 is 1.26 bits per heavy atom. The molecule has 0 radical (unpaired) electrons. The van der Waals surface area contributed by atoms with Gasteiger partial charge in [0.25, 0.3) is 0 Å². The van der Waals surface area contributed by atoms with Gasteiger partial charge in [-0.05, 0) is 43.5 Å². The van der Waals surface area contributed by atoms with Crippen LogP contribution in [0.5, 0.6) is 0 Å². The van der Waals surface area contributed by atoms with Crippen molar-refractivity contribution in [3.63, 3.8) is 0 Å². The van der Waals surface area contributed by atoms with Crippen LogP contribution in [0.1, 0.15) is 33.1 Å². The summed E-state index contributed by atoms with van der Waals surface area (Å²) in [6.45, 7) is 5.27. The number of halogens is 1. The van der Waals surface area contributed by atoms with Crippen molar-refractivity contribution in [1.82, 2.24) is 10.2 Å². The van der Waals surface area contributed by atoms with Gasteiger partial charge in [-0.25, -0.2) is 9.18 Å². The molecule has 0 aromatic heterocycles. The van der Waals surface area contributed by atoms with Crippen LogP contribution < -0.4 is 10.6 Å². The van der Waals surface area contributed by atoms with E-state index in [1.807, 2.05) is 18.7 Å². The molecule has 1 fully saturated rings. The molecule has 1 aromatic carbocycles. The maximum Gasteiger partial charge on any atom is 0.319 e. The number of benzene rings is 1. The standard InChI is InChI=1S/C17H24FN3O2/c1-3-12(4-2)16(22)21-10-9-15(11-21)20-17(23)19-14-7-5-13(18)6-8-14/h5-8,12,15H,3-4,9-11H2,1-2H3,(H2,19,20,23)/t15-/m1/s1. The van der Waals surface area contributed by atoms with Gasteiger partial charge < -0.3 is 15.5 Å². The van der Waals surface area contributed by atoms with Gasteiger partial charge in [0.1, 0.15) is 5.82 Å². The van der Waals surface area contributed by atoms with Crippen molar-refractivity contribution in [2.75, 3.05) is 18.4 Å². The van der Waals surface area contributed by atoms with Crippen LogP contribution in [0.15, 0.2) is 24.3 Å². The number of amides is 3. The Balaban J connectivity index is 1.81. The first-order valence-electron chi connectivity index (χ1n) is 8.15. The zero-order valence-electron chi connectivity index (χ0n) is 13.6. The van der Waals surface area contributed by atoms with E-state index in [0.717, 1.165) is 19.3 Å². The number of carbonyl (C=O) groups is 2. The number of anilines is 1. The summed E-state index contributed by atoms with van der Waals surface area (Å²) in [6.07, 6.45) is 2.44. The molecule has 6 heteroatoms. The van der Waals surface area contributed by atoms with E-state index in [4.69, 9.17) is 0 Å². The first-order chi connectivity index (χ1) is 11.0. The maximum atomic E-state index is 12.8. The van der Waals surface area contributed by atoms with Gasteiger partial charge in [0, 0.05) is 30.7 Å². The minimum Gasteiger partial charge on any atom is -0.340 e. The summed E-state index contributed by atoms with van der Waals surface area (Å²) in [5.74, 6) is -0.0951. The molecule has 0 saturated carbocycles. The molecule has 0 unspecified atom stereocenters. The van der Waals surface area contributed by atoms with E-state index >= 15 is 0 Å². The summed E-state index contributed by atoms with van der Waals surface area (Å²) in [6, 6.07) is 5.22. The molecular formula is C17H24FN3O2. The lowest BCUT2D eigenvalue weighted by atomic mass is 10.0. The number of nitrogens with zero attached hydrogens (tertiary/aromatic N) is 1. The number of hydrogen-bond acceptors (Lipinski definition) is 2. The average molecular weight is 321 g/mol. The first kappa shape index (κ1) is 17.2. The second kappa shape index (κ2) is 7.94. The highest BCUT2D eigenvalue weighted by molar-refractivity contribution is 5.89. The highest BCUT2D eigenvalue weighted by atomic mass is 19.1. The summed E-state index contributed by atoms with van der Waals surface area (Å²) < 4.78 is 12.8. The zero-order chi connectivity index (χ0) is 16.8. The predicted molar refractivity (Wildman–Crippen MR) is 87.6 cm³/mol. The van der Waals surface area contributed by atoms with Crippen LogP contribution >= 0.6 is 0 Å². The highest BCUT2D eigenvalue weighted by Crippen LogP contribution is 2.17. The second-order valence-electron chi connectivity index (χ2n) is 5.89. The third-order valence-corrected chi connectivity index (χ3v) is 4.27. The molecule has 5 nitrogen and oxygen atoms in total. The van der Waals surface area contributed by atoms with E-state index in [9.17, 15) is 14.0 Å². The lowest BCUT2D eigenvalue weighted by molar-refractivity contribution is -0.134. The van der Waals surface area contributed by atoms with Gasteiger partial charge in [0.15, 0.2) is 0 Å². The fourth-order valence-electron chi connectivity index (χ4n) is 2.86. The fraction of sp³-hybridized carbons (Fsp3) is 0.529. The van der Waals surface area contributed by atoms with Gasteiger partial charge in [-0.2, -0.15) is 0 Å². The number of hydrogen-bond donors (Lipinski definition) is 2. The van der Waals surface area contributed by atoms with Crippen molar-refractivity contribution in [2.45, 2.75) is 39.2 Å². The van der Waals surface area contributed by atoms with Crippen molar-refractivity contribution < 1.29 is 14.0 Å². The fourth-order valence-corrected chi connectivity index (χ4v) is 2.86. The molecule has 1 aromatic rings. The summed E-state index contributed by atoms with van der Waals surface area (Å²) in [4.78, 5) is 26.1. The van der Waals surface area contributed by atoms with E-state index < -0.39 is 0 Å². The van der Waals surface area contributed by atoms with Crippen LogP contribution in [0.25, 0.3) is 0 Å². The molecule has 0 aliphatic carbocycles. The smallest absolute Gasteiger partial charge is 0.319 e. The number of nitrogens with one attached hydrogen (secondary N) is 2. The van der Waals surface area contributed by atoms with Crippen LogP contribution in [-0.2, 0) is 4.79 Å². The molecule has 1 aliphatic heterocycles. The van der Waals surface area contributed by atoms with E-state index in [0.29, 0.717) is 18.8 Å². The van der Waals surface area contributed by atoms with E-state index in [2.05, 4.69) is 10.6 Å². The summed E-state index contributed by atoms with van der Waals surface area (Å²) in [5, 5.41) is 5.53. The van der Waals surface area contributed by atoms with Gasteiger partial charge in [-0.3, -0.25) is 4.79 Å². The monoisotopic (exact) mass is 321 g/mol. The van der Waals surface area contributed by atoms with Gasteiger partial charge in [0.2, 0.25) is 5.91 Å². The minimum absolute atomic E-state index is 0.0474. The molecule has 0 bridgehead atoms. The van der Waals surface area contributed by atoms with Gasteiger partial charge in [-0.1, -0.05) is 13.8 Å². The van der Waals surface area contributed by atoms with Crippen LogP contribution in [-0.4, -0.2) is 36.0 Å². The molecule has 2 rings (SSSR count). The Kier molecular flexibility index (Phi) is 5.96. The summed E-state index contributed by atoms with van der Waals surface area (Å²) in [7, 11) is 0. The second-order valence-corrected chi connectivity index (χ2v) is 5.89. The molecular weight excluding hydrogens is 297 g/mol. The minimum atomic E-state index is -0.345. The lowest BCUT2D eigenvalue weighted by Gasteiger charge is -2.22. The normalized spacial score (nSPS) is 17.4. The van der Waals surface area contributed by atoms with E-state index in [1.165, 1.54) is 24.3 Å². The Labute approximate surface area is 136 Å². The number of urea groups is 1. The molecule has 1 saturated heterocycles. The number of likely N-dealkylation sites (tertiary alicyclic amines) is 1. The average Bonchev–Trinajstić information content (AvgIpc) is 2.99. The highest BCUT2D eigenvalue weighted by Gasteiger charge is 2.30. The van der Waals surface area contributed by atoms with Gasteiger partial charge in [0.05, 0.1) is 0 Å². The third kappa shape index (κ3) is 4.68. The summed E-state index contributed by atoms with van der Waals surface area (Å²) in [5.41, 5.74) is 0.534. The van der Waals surface area contributed by atoms with E-state index in [-0.39, 0.29) is 29.7 Å². The van der Waals surface area contributed by atoms with E-state index in [1.54, 1.807) is 0 Å². The molecule has 2 N–H and O–H groups in total. The van der Waals surface area contributed by atoms with Crippen LogP contribution in [0.3, 0.4) is 0 Å². The lowest BCUT2D eigenvalue weighted by Crippen LogP contribution is -2.41.